The lowest BCUT2D eigenvalue weighted by Crippen LogP contribution is -2.27. The summed E-state index contributed by atoms with van der Waals surface area (Å²) in [5.41, 5.74) is 1.45. The maximum atomic E-state index is 13.0. The number of carbonyl (C=O) groups excluding carboxylic acids is 3. The van der Waals surface area contributed by atoms with Crippen LogP contribution < -0.4 is 4.74 Å². The molecule has 0 N–H and O–H groups in total. The summed E-state index contributed by atoms with van der Waals surface area (Å²) in [4.78, 5) is 49.7. The lowest BCUT2D eigenvalue weighted by molar-refractivity contribution is -0.384. The van der Waals surface area contributed by atoms with Crippen molar-refractivity contribution < 1.29 is 24.0 Å². The van der Waals surface area contributed by atoms with Gasteiger partial charge in [-0.25, -0.2) is 4.79 Å². The van der Waals surface area contributed by atoms with Gasteiger partial charge in [0.15, 0.2) is 0 Å². The lowest BCUT2D eigenvalue weighted by atomic mass is 10.1. The summed E-state index contributed by atoms with van der Waals surface area (Å²) >= 11 is 0.856. The Balaban J connectivity index is 1.29. The van der Waals surface area contributed by atoms with Gasteiger partial charge in [-0.2, -0.15) is 0 Å². The molecule has 0 spiro atoms. The Morgan fingerprint density at radius 2 is 1.68 bits per heavy atom. The number of amides is 2. The smallest absolute Gasteiger partial charge is 0.343 e. The van der Waals surface area contributed by atoms with Gasteiger partial charge in [0.25, 0.3) is 16.8 Å². The van der Waals surface area contributed by atoms with E-state index in [0.717, 1.165) is 28.1 Å². The van der Waals surface area contributed by atoms with Crippen LogP contribution in [-0.2, 0) is 11.3 Å². The van der Waals surface area contributed by atoms with Gasteiger partial charge in [0.05, 0.1) is 21.9 Å². The van der Waals surface area contributed by atoms with Crippen LogP contribution in [0.1, 0.15) is 21.5 Å². The van der Waals surface area contributed by atoms with E-state index in [1.807, 2.05) is 42.5 Å². The van der Waals surface area contributed by atoms with Gasteiger partial charge in [-0.15, -0.1) is 0 Å². The predicted octanol–water partition coefficient (Wildman–Crippen LogP) is 6.20. The number of hydrogen-bond donors (Lipinski definition) is 0. The highest BCUT2D eigenvalue weighted by molar-refractivity contribution is 8.18. The van der Waals surface area contributed by atoms with Crippen molar-refractivity contribution in [1.82, 2.24) is 4.90 Å². The van der Waals surface area contributed by atoms with Crippen LogP contribution in [0.3, 0.4) is 0 Å². The Kier molecular flexibility index (Phi) is 6.53. The zero-order valence-electron chi connectivity index (χ0n) is 19.2. The molecule has 0 bridgehead atoms. The Morgan fingerprint density at radius 1 is 0.919 bits per heavy atom. The molecule has 9 heteroatoms. The Morgan fingerprint density at radius 3 is 2.43 bits per heavy atom. The van der Waals surface area contributed by atoms with Gasteiger partial charge in [0.1, 0.15) is 5.75 Å². The monoisotopic (exact) mass is 510 g/mol. The molecule has 1 heterocycles. The number of nitrogens with zero attached hydrogens (tertiary/aromatic N) is 2. The largest absolute Gasteiger partial charge is 0.423 e. The van der Waals surface area contributed by atoms with Crippen LogP contribution >= 0.6 is 11.8 Å². The van der Waals surface area contributed by atoms with Gasteiger partial charge in [-0.1, -0.05) is 48.5 Å². The van der Waals surface area contributed by atoms with Crippen molar-refractivity contribution in [3.8, 4) is 5.75 Å². The second kappa shape index (κ2) is 10.1. The standard InChI is InChI=1S/C28H18N2O6S/c31-26-25(37-28(33)29(26)17-19-8-9-20-5-1-2-6-22(20)14-19)16-18-4-3-7-24(15-18)36-27(32)21-10-12-23(13-11-21)30(34)35/h1-16H,17H2/b25-16-. The van der Waals surface area contributed by atoms with E-state index >= 15 is 0 Å². The van der Waals surface area contributed by atoms with Gasteiger partial charge in [0, 0.05) is 12.1 Å². The summed E-state index contributed by atoms with van der Waals surface area (Å²) < 4.78 is 5.38. The molecule has 1 saturated heterocycles. The summed E-state index contributed by atoms with van der Waals surface area (Å²) in [6.45, 7) is 0.166. The van der Waals surface area contributed by atoms with E-state index in [2.05, 4.69) is 0 Å². The highest BCUT2D eigenvalue weighted by atomic mass is 32.2. The topological polar surface area (TPSA) is 107 Å². The van der Waals surface area contributed by atoms with Crippen molar-refractivity contribution in [3.05, 3.63) is 123 Å². The van der Waals surface area contributed by atoms with Crippen LogP contribution in [0.25, 0.3) is 16.8 Å². The number of fused-ring (bicyclic) bond motifs is 1. The van der Waals surface area contributed by atoms with Crippen molar-refractivity contribution in [2.24, 2.45) is 0 Å². The van der Waals surface area contributed by atoms with E-state index in [1.54, 1.807) is 30.3 Å². The van der Waals surface area contributed by atoms with Crippen molar-refractivity contribution in [2.75, 3.05) is 0 Å². The SMILES string of the molecule is O=C(Oc1cccc(/C=C2\SC(=O)N(Cc3ccc4ccccc4c3)C2=O)c1)c1ccc([N+](=O)[O-])cc1. The molecule has 5 rings (SSSR count). The summed E-state index contributed by atoms with van der Waals surface area (Å²) in [5.74, 6) is -0.841. The normalized spacial score (nSPS) is 14.4. The molecule has 37 heavy (non-hydrogen) atoms. The molecule has 8 nitrogen and oxygen atoms in total. The number of non-ortho nitro benzene ring substituents is 1. The number of nitro groups is 1. The molecule has 1 fully saturated rings. The molecule has 0 saturated carbocycles. The first-order valence-corrected chi connectivity index (χ1v) is 12.0. The third-order valence-corrected chi connectivity index (χ3v) is 6.62. The average Bonchev–Trinajstić information content (AvgIpc) is 3.16. The van der Waals surface area contributed by atoms with E-state index in [-0.39, 0.29) is 33.7 Å². The fourth-order valence-corrected chi connectivity index (χ4v) is 4.70. The minimum Gasteiger partial charge on any atom is -0.423 e. The average molecular weight is 511 g/mol. The minimum atomic E-state index is -0.678. The van der Waals surface area contributed by atoms with E-state index in [4.69, 9.17) is 4.74 Å². The van der Waals surface area contributed by atoms with Crippen LogP contribution in [0.5, 0.6) is 5.75 Å². The molecule has 0 atom stereocenters. The lowest BCUT2D eigenvalue weighted by Gasteiger charge is -2.13. The zero-order chi connectivity index (χ0) is 25.9. The summed E-state index contributed by atoms with van der Waals surface area (Å²) in [7, 11) is 0. The first-order valence-electron chi connectivity index (χ1n) is 11.2. The molecule has 4 aromatic rings. The molecule has 4 aromatic carbocycles. The van der Waals surface area contributed by atoms with Gasteiger partial charge < -0.3 is 4.74 Å². The van der Waals surface area contributed by atoms with Gasteiger partial charge in [0.2, 0.25) is 0 Å². The van der Waals surface area contributed by atoms with Crippen molar-refractivity contribution in [3.63, 3.8) is 0 Å². The summed E-state index contributed by atoms with van der Waals surface area (Å²) in [6.07, 6.45) is 1.58. The van der Waals surface area contributed by atoms with Crippen molar-refractivity contribution in [2.45, 2.75) is 6.54 Å². The first-order chi connectivity index (χ1) is 17.9. The molecule has 0 aliphatic carbocycles. The number of ether oxygens (including phenoxy) is 1. The Hall–Kier alpha value is -4.76. The minimum absolute atomic E-state index is 0.131. The second-order valence-corrected chi connectivity index (χ2v) is 9.21. The molecule has 0 aromatic heterocycles. The van der Waals surface area contributed by atoms with E-state index in [9.17, 15) is 24.5 Å². The van der Waals surface area contributed by atoms with Crippen molar-refractivity contribution in [1.29, 1.82) is 0 Å². The number of benzene rings is 4. The number of imide groups is 1. The number of carbonyl (C=O) groups is 3. The Labute approximate surface area is 215 Å². The van der Waals surface area contributed by atoms with Crippen LogP contribution in [0.4, 0.5) is 10.5 Å². The third-order valence-electron chi connectivity index (χ3n) is 5.71. The van der Waals surface area contributed by atoms with Crippen LogP contribution in [-0.4, -0.2) is 26.9 Å². The molecule has 182 valence electrons. The number of rotatable bonds is 6. The van der Waals surface area contributed by atoms with Gasteiger partial charge in [-0.05, 0) is 70.1 Å². The van der Waals surface area contributed by atoms with E-state index in [0.29, 0.717) is 5.56 Å². The molecular weight excluding hydrogens is 492 g/mol. The van der Waals surface area contributed by atoms with Crippen LogP contribution in [0, 0.1) is 10.1 Å². The number of esters is 1. The maximum absolute atomic E-state index is 13.0. The predicted molar refractivity (Wildman–Crippen MR) is 140 cm³/mol. The van der Waals surface area contributed by atoms with Crippen LogP contribution in [0.2, 0.25) is 0 Å². The van der Waals surface area contributed by atoms with Crippen LogP contribution in [0.15, 0.2) is 95.9 Å². The third kappa shape index (κ3) is 5.26. The number of thioether (sulfide) groups is 1. The molecule has 1 aliphatic heterocycles. The molecular formula is C28H18N2O6S. The quantitative estimate of drug-likeness (QED) is 0.0999. The number of nitro benzene ring substituents is 1. The number of hydrogen-bond acceptors (Lipinski definition) is 7. The second-order valence-electron chi connectivity index (χ2n) is 8.22. The molecule has 1 aliphatic rings. The van der Waals surface area contributed by atoms with Gasteiger partial charge in [-0.3, -0.25) is 24.6 Å². The maximum Gasteiger partial charge on any atom is 0.343 e. The first kappa shape index (κ1) is 24.0. The Bertz CT molecular complexity index is 1600. The highest BCUT2D eigenvalue weighted by Gasteiger charge is 2.35. The fourth-order valence-electron chi connectivity index (χ4n) is 3.86. The molecule has 2 amide bonds. The van der Waals surface area contributed by atoms with Gasteiger partial charge >= 0.3 is 5.97 Å². The highest BCUT2D eigenvalue weighted by Crippen LogP contribution is 2.34. The van der Waals surface area contributed by atoms with E-state index < -0.39 is 16.8 Å². The summed E-state index contributed by atoms with van der Waals surface area (Å²) in [5, 5.41) is 12.5. The van der Waals surface area contributed by atoms with Crippen molar-refractivity contribution >= 4 is 51.4 Å². The molecule has 0 radical (unpaired) electrons. The molecule has 0 unspecified atom stereocenters. The summed E-state index contributed by atoms with van der Waals surface area (Å²) in [6, 6.07) is 25.3. The fraction of sp³-hybridized carbons (Fsp3) is 0.0357. The van der Waals surface area contributed by atoms with E-state index in [1.165, 1.54) is 29.2 Å². The zero-order valence-corrected chi connectivity index (χ0v) is 20.0.